The van der Waals surface area contributed by atoms with E-state index in [0.717, 1.165) is 30.6 Å². The Morgan fingerprint density at radius 3 is 1.65 bits per heavy atom. The second kappa shape index (κ2) is 11.7. The topological polar surface area (TPSA) is 72.9 Å². The van der Waals surface area contributed by atoms with Crippen LogP contribution in [0.3, 0.4) is 0 Å². The maximum Gasteiger partial charge on any atom is 0.177 e. The molecule has 0 aliphatic heterocycles. The molecule has 0 saturated carbocycles. The third kappa shape index (κ3) is 7.34. The van der Waals surface area contributed by atoms with Crippen LogP contribution in [-0.4, -0.2) is 22.8 Å². The average Bonchev–Trinajstić information content (AvgIpc) is 2.49. The second-order valence-electron chi connectivity index (χ2n) is 4.59. The predicted molar refractivity (Wildman–Crippen MR) is 76.7 cm³/mol. The summed E-state index contributed by atoms with van der Waals surface area (Å²) in [5.74, 6) is 0. The zero-order valence-electron chi connectivity index (χ0n) is 12.3. The smallest absolute Gasteiger partial charge is 0.177 e. The van der Waals surface area contributed by atoms with Gasteiger partial charge >= 0.3 is 0 Å². The summed E-state index contributed by atoms with van der Waals surface area (Å²) in [6.45, 7) is 1.72. The van der Waals surface area contributed by atoms with Crippen molar-refractivity contribution in [3.8, 4) is 0 Å². The molecule has 0 saturated heterocycles. The fraction of sp³-hybridized carbons (Fsp3) is 0.200. The van der Waals surface area contributed by atoms with E-state index in [1.165, 1.54) is 12.4 Å². The van der Waals surface area contributed by atoms with Gasteiger partial charge in [-0.3, -0.25) is 0 Å². The highest BCUT2D eigenvalue weighted by Crippen LogP contribution is 1.92. The highest BCUT2D eigenvalue weighted by atomic mass is 79.9. The van der Waals surface area contributed by atoms with Crippen molar-refractivity contribution < 1.29 is 53.5 Å². The minimum Gasteiger partial charge on any atom is -1.00 e. The molecule has 124 valence electrons. The largest absolute Gasteiger partial charge is 1.00 e. The molecule has 0 atom stereocenters. The Labute approximate surface area is 155 Å². The number of oxime groups is 2. The van der Waals surface area contributed by atoms with Crippen LogP contribution in [0.25, 0.3) is 0 Å². The Morgan fingerprint density at radius 2 is 1.26 bits per heavy atom. The van der Waals surface area contributed by atoms with E-state index in [-0.39, 0.29) is 34.0 Å². The van der Waals surface area contributed by atoms with Crippen molar-refractivity contribution >= 4 is 12.4 Å². The van der Waals surface area contributed by atoms with E-state index in [1.54, 1.807) is 0 Å². The lowest BCUT2D eigenvalue weighted by molar-refractivity contribution is -0.727. The van der Waals surface area contributed by atoms with Crippen molar-refractivity contribution in [2.24, 2.45) is 10.3 Å². The van der Waals surface area contributed by atoms with Gasteiger partial charge in [0.05, 0.1) is 30.0 Å². The van der Waals surface area contributed by atoms with Gasteiger partial charge in [-0.1, -0.05) is 10.3 Å². The van der Waals surface area contributed by atoms with Crippen molar-refractivity contribution in [1.82, 2.24) is 0 Å². The van der Waals surface area contributed by atoms with Crippen LogP contribution in [-0.2, 0) is 13.1 Å². The SMILES string of the molecule is O/N=C\c1ccc[n+](CCC[n+]2cccc(/C=N/O)c2)c1.[Br-].[Br-]. The van der Waals surface area contributed by atoms with Crippen LogP contribution in [0, 0.1) is 0 Å². The monoisotopic (exact) mass is 444 g/mol. The van der Waals surface area contributed by atoms with Gasteiger partial charge in [0.1, 0.15) is 0 Å². The van der Waals surface area contributed by atoms with Crippen LogP contribution in [0.4, 0.5) is 0 Å². The Morgan fingerprint density at radius 1 is 0.826 bits per heavy atom. The fourth-order valence-corrected chi connectivity index (χ4v) is 2.08. The lowest BCUT2D eigenvalue weighted by Gasteiger charge is -1.98. The second-order valence-corrected chi connectivity index (χ2v) is 4.59. The number of pyridine rings is 2. The van der Waals surface area contributed by atoms with Crippen LogP contribution in [0.5, 0.6) is 0 Å². The molecule has 6 nitrogen and oxygen atoms in total. The fourth-order valence-electron chi connectivity index (χ4n) is 2.08. The number of aromatic nitrogens is 2. The summed E-state index contributed by atoms with van der Waals surface area (Å²) >= 11 is 0. The van der Waals surface area contributed by atoms with E-state index in [1.807, 2.05) is 49.1 Å². The zero-order chi connectivity index (χ0) is 14.9. The van der Waals surface area contributed by atoms with Gasteiger partial charge in [0.15, 0.2) is 37.9 Å². The van der Waals surface area contributed by atoms with E-state index in [2.05, 4.69) is 19.4 Å². The Balaban J connectivity index is 0.00000242. The van der Waals surface area contributed by atoms with E-state index in [9.17, 15) is 0 Å². The van der Waals surface area contributed by atoms with Crippen LogP contribution in [0.1, 0.15) is 17.5 Å². The third-order valence-corrected chi connectivity index (χ3v) is 3.01. The molecule has 0 unspecified atom stereocenters. The molecular weight excluding hydrogens is 428 g/mol. The first-order valence-electron chi connectivity index (χ1n) is 6.65. The van der Waals surface area contributed by atoms with E-state index in [0.29, 0.717) is 0 Å². The highest BCUT2D eigenvalue weighted by Gasteiger charge is 2.06. The number of nitrogens with zero attached hydrogens (tertiary/aromatic N) is 4. The molecule has 0 spiro atoms. The van der Waals surface area contributed by atoms with Gasteiger partial charge in [-0.2, -0.15) is 0 Å². The standard InChI is InChI=1S/C15H16N4O2.2BrH/c20-16-10-14-4-1-6-18(12-14)8-3-9-19-7-2-5-15(13-19)11-17-21;;/h1-2,4-7,10-13H,3,8-9H2;2*1H/b16-10-,17-11+;;. The molecule has 2 heterocycles. The number of hydrogen-bond donors (Lipinski definition) is 2. The van der Waals surface area contributed by atoms with Gasteiger partial charge in [0, 0.05) is 12.1 Å². The zero-order valence-corrected chi connectivity index (χ0v) is 15.5. The highest BCUT2D eigenvalue weighted by molar-refractivity contribution is 5.78. The first kappa shape index (κ1) is 21.2. The summed E-state index contributed by atoms with van der Waals surface area (Å²) in [5, 5.41) is 23.1. The molecule has 2 N–H and O–H groups in total. The lowest BCUT2D eigenvalue weighted by atomic mass is 10.3. The summed E-state index contributed by atoms with van der Waals surface area (Å²) in [6.07, 6.45) is 11.6. The molecule has 8 heteroatoms. The first-order valence-corrected chi connectivity index (χ1v) is 6.65. The summed E-state index contributed by atoms with van der Waals surface area (Å²) in [5.41, 5.74) is 1.71. The van der Waals surface area contributed by atoms with Gasteiger partial charge in [-0.15, -0.1) is 0 Å². The number of aryl methyl sites for hydroxylation is 2. The molecule has 0 fully saturated rings. The van der Waals surface area contributed by atoms with Crippen molar-refractivity contribution in [3.05, 3.63) is 60.2 Å². The Kier molecular flexibility index (Phi) is 10.8. The molecule has 0 aliphatic carbocycles. The van der Waals surface area contributed by atoms with Gasteiger partial charge < -0.3 is 44.4 Å². The number of hydrogen-bond acceptors (Lipinski definition) is 4. The van der Waals surface area contributed by atoms with Crippen LogP contribution < -0.4 is 43.1 Å². The van der Waals surface area contributed by atoms with Crippen LogP contribution >= 0.6 is 0 Å². The Bertz CT molecular complexity index is 595. The van der Waals surface area contributed by atoms with Crippen LogP contribution in [0.2, 0.25) is 0 Å². The van der Waals surface area contributed by atoms with E-state index >= 15 is 0 Å². The van der Waals surface area contributed by atoms with E-state index in [4.69, 9.17) is 10.4 Å². The van der Waals surface area contributed by atoms with Gasteiger partial charge in [-0.25, -0.2) is 9.13 Å². The van der Waals surface area contributed by atoms with Gasteiger partial charge in [-0.05, 0) is 12.1 Å². The molecule has 0 radical (unpaired) electrons. The maximum atomic E-state index is 8.53. The average molecular weight is 446 g/mol. The molecule has 23 heavy (non-hydrogen) atoms. The minimum atomic E-state index is 0. The molecular formula is C15H18Br2N4O2. The lowest BCUT2D eigenvalue weighted by Crippen LogP contribution is -3.00. The molecule has 2 aromatic rings. The Hall–Kier alpha value is -1.80. The normalized spacial score (nSPS) is 10.4. The molecule has 0 aromatic carbocycles. The van der Waals surface area contributed by atoms with Crippen molar-refractivity contribution in [1.29, 1.82) is 0 Å². The summed E-state index contributed by atoms with van der Waals surface area (Å²) in [6, 6.07) is 7.59. The number of halogens is 2. The van der Waals surface area contributed by atoms with Gasteiger partial charge in [0.25, 0.3) is 0 Å². The van der Waals surface area contributed by atoms with Crippen molar-refractivity contribution in [2.45, 2.75) is 19.5 Å². The molecule has 0 aliphatic rings. The molecule has 2 aromatic heterocycles. The molecule has 0 amide bonds. The first-order chi connectivity index (χ1) is 10.3. The number of rotatable bonds is 6. The van der Waals surface area contributed by atoms with E-state index < -0.39 is 0 Å². The summed E-state index contributed by atoms with van der Waals surface area (Å²) in [4.78, 5) is 0. The molecule has 2 rings (SSSR count). The van der Waals surface area contributed by atoms with Crippen molar-refractivity contribution in [3.63, 3.8) is 0 Å². The third-order valence-electron chi connectivity index (χ3n) is 3.01. The van der Waals surface area contributed by atoms with Crippen molar-refractivity contribution in [2.75, 3.05) is 0 Å². The summed E-state index contributed by atoms with van der Waals surface area (Å²) in [7, 11) is 0. The predicted octanol–water partition coefficient (Wildman–Crippen LogP) is -5.02. The maximum absolute atomic E-state index is 8.53. The molecule has 0 bridgehead atoms. The quantitative estimate of drug-likeness (QED) is 0.202. The van der Waals surface area contributed by atoms with Crippen LogP contribution in [0.15, 0.2) is 59.4 Å². The summed E-state index contributed by atoms with van der Waals surface area (Å²) < 4.78 is 4.10. The minimum absolute atomic E-state index is 0. The van der Waals surface area contributed by atoms with Gasteiger partial charge in [0.2, 0.25) is 0 Å².